The van der Waals surface area contributed by atoms with Crippen LogP contribution >= 0.6 is 0 Å². The van der Waals surface area contributed by atoms with Gasteiger partial charge in [-0.05, 0) is 13.3 Å². The lowest BCUT2D eigenvalue weighted by molar-refractivity contribution is 0.0519. The lowest BCUT2D eigenvalue weighted by atomic mass is 10.3. The Labute approximate surface area is 107 Å². The molecule has 1 aromatic rings. The lowest BCUT2D eigenvalue weighted by Crippen LogP contribution is -2.28. The Balaban J connectivity index is 2.70. The van der Waals surface area contributed by atoms with Gasteiger partial charge in [0.1, 0.15) is 6.26 Å². The van der Waals surface area contributed by atoms with Gasteiger partial charge in [-0.25, -0.2) is 4.79 Å². The summed E-state index contributed by atoms with van der Waals surface area (Å²) in [6, 6.07) is 0.348. The fourth-order valence-corrected chi connectivity index (χ4v) is 1.48. The summed E-state index contributed by atoms with van der Waals surface area (Å²) in [5.41, 5.74) is 0.159. The van der Waals surface area contributed by atoms with Gasteiger partial charge in [-0.1, -0.05) is 13.3 Å². The summed E-state index contributed by atoms with van der Waals surface area (Å²) in [6.45, 7) is 5.30. The lowest BCUT2D eigenvalue weighted by Gasteiger charge is -2.18. The van der Waals surface area contributed by atoms with Crippen molar-refractivity contribution >= 4 is 12.0 Å². The van der Waals surface area contributed by atoms with Crippen LogP contribution in [0.1, 0.15) is 37.2 Å². The van der Waals surface area contributed by atoms with E-state index < -0.39 is 5.97 Å². The maximum atomic E-state index is 11.4. The molecule has 18 heavy (non-hydrogen) atoms. The van der Waals surface area contributed by atoms with Crippen LogP contribution < -0.4 is 4.90 Å². The number of unbranched alkanes of at least 4 members (excludes halogenated alkanes) is 1. The molecule has 0 unspecified atom stereocenters. The van der Waals surface area contributed by atoms with E-state index in [1.54, 1.807) is 6.92 Å². The number of hydrogen-bond acceptors (Lipinski definition) is 6. The maximum absolute atomic E-state index is 11.4. The van der Waals surface area contributed by atoms with Gasteiger partial charge in [0.25, 0.3) is 6.01 Å². The number of oxazole rings is 1. The van der Waals surface area contributed by atoms with Crippen molar-refractivity contribution in [1.82, 2.24) is 4.98 Å². The minimum Gasteiger partial charge on any atom is -0.461 e. The summed E-state index contributed by atoms with van der Waals surface area (Å²) in [7, 11) is 0. The van der Waals surface area contributed by atoms with Crippen LogP contribution in [0.2, 0.25) is 0 Å². The van der Waals surface area contributed by atoms with Crippen molar-refractivity contribution < 1.29 is 19.1 Å². The van der Waals surface area contributed by atoms with Crippen LogP contribution in [0.4, 0.5) is 6.01 Å². The molecule has 0 bridgehead atoms. The number of aliphatic hydroxyl groups excluding tert-OH is 1. The topological polar surface area (TPSA) is 75.8 Å². The largest absolute Gasteiger partial charge is 0.461 e. The third kappa shape index (κ3) is 4.03. The number of rotatable bonds is 8. The Hall–Kier alpha value is -1.56. The Morgan fingerprint density at radius 3 is 2.89 bits per heavy atom. The van der Waals surface area contributed by atoms with Gasteiger partial charge in [-0.2, -0.15) is 4.98 Å². The van der Waals surface area contributed by atoms with Crippen molar-refractivity contribution in [3.8, 4) is 0 Å². The first kappa shape index (κ1) is 14.5. The second-order valence-electron chi connectivity index (χ2n) is 3.80. The second kappa shape index (κ2) is 7.71. The third-order valence-electron chi connectivity index (χ3n) is 2.40. The van der Waals surface area contributed by atoms with Gasteiger partial charge >= 0.3 is 5.97 Å². The van der Waals surface area contributed by atoms with Crippen LogP contribution in [0, 0.1) is 0 Å². The zero-order valence-electron chi connectivity index (χ0n) is 10.9. The first-order chi connectivity index (χ1) is 8.72. The number of hydrogen-bond donors (Lipinski definition) is 1. The maximum Gasteiger partial charge on any atom is 0.360 e. The molecule has 0 fully saturated rings. The van der Waals surface area contributed by atoms with Crippen molar-refractivity contribution in [3.05, 3.63) is 12.0 Å². The highest BCUT2D eigenvalue weighted by atomic mass is 16.5. The van der Waals surface area contributed by atoms with Gasteiger partial charge in [0.15, 0.2) is 5.69 Å². The van der Waals surface area contributed by atoms with Gasteiger partial charge in [0.2, 0.25) is 0 Å². The Morgan fingerprint density at radius 1 is 1.50 bits per heavy atom. The van der Waals surface area contributed by atoms with Crippen LogP contribution in [-0.4, -0.2) is 42.4 Å². The van der Waals surface area contributed by atoms with E-state index in [0.29, 0.717) is 19.2 Å². The number of carbonyl (C=O) groups is 1. The molecule has 1 heterocycles. The first-order valence-electron chi connectivity index (χ1n) is 6.21. The van der Waals surface area contributed by atoms with Crippen molar-refractivity contribution in [2.24, 2.45) is 0 Å². The summed E-state index contributed by atoms with van der Waals surface area (Å²) in [6.07, 6.45) is 3.29. The number of anilines is 1. The van der Waals surface area contributed by atoms with E-state index in [1.807, 2.05) is 4.90 Å². The normalized spacial score (nSPS) is 10.4. The molecule has 1 aromatic heterocycles. The summed E-state index contributed by atoms with van der Waals surface area (Å²) in [5.74, 6) is -0.494. The predicted molar refractivity (Wildman–Crippen MR) is 66.7 cm³/mol. The van der Waals surface area contributed by atoms with Crippen molar-refractivity contribution in [2.45, 2.75) is 26.7 Å². The molecule has 1 rings (SSSR count). The van der Waals surface area contributed by atoms with E-state index in [-0.39, 0.29) is 12.3 Å². The molecule has 0 amide bonds. The van der Waals surface area contributed by atoms with E-state index in [4.69, 9.17) is 14.3 Å². The van der Waals surface area contributed by atoms with E-state index in [2.05, 4.69) is 11.9 Å². The summed E-state index contributed by atoms with van der Waals surface area (Å²) < 4.78 is 10.1. The zero-order chi connectivity index (χ0) is 13.4. The highest BCUT2D eigenvalue weighted by Gasteiger charge is 2.17. The number of aromatic nitrogens is 1. The van der Waals surface area contributed by atoms with E-state index in [9.17, 15) is 4.79 Å². The van der Waals surface area contributed by atoms with Gasteiger partial charge < -0.3 is 19.2 Å². The van der Waals surface area contributed by atoms with Crippen molar-refractivity contribution in [1.29, 1.82) is 0 Å². The molecule has 0 aliphatic heterocycles. The quantitative estimate of drug-likeness (QED) is 0.709. The second-order valence-corrected chi connectivity index (χ2v) is 3.80. The molecule has 0 radical (unpaired) electrons. The number of aliphatic hydroxyl groups is 1. The zero-order valence-corrected chi connectivity index (χ0v) is 10.9. The molecular formula is C12H20N2O4. The summed E-state index contributed by atoms with van der Waals surface area (Å²) >= 11 is 0. The minimum atomic E-state index is -0.494. The number of ether oxygens (including phenoxy) is 1. The molecule has 0 spiro atoms. The van der Waals surface area contributed by atoms with E-state index in [1.165, 1.54) is 6.26 Å². The molecule has 6 nitrogen and oxygen atoms in total. The number of esters is 1. The number of nitrogens with zero attached hydrogens (tertiary/aromatic N) is 2. The van der Waals surface area contributed by atoms with Crippen molar-refractivity contribution in [3.63, 3.8) is 0 Å². The molecule has 0 atom stereocenters. The Bertz CT molecular complexity index is 365. The Morgan fingerprint density at radius 2 is 2.28 bits per heavy atom. The molecule has 0 aromatic carbocycles. The smallest absolute Gasteiger partial charge is 0.360 e. The molecule has 0 saturated heterocycles. The van der Waals surface area contributed by atoms with Crippen molar-refractivity contribution in [2.75, 3.05) is 31.2 Å². The molecule has 0 aliphatic rings. The molecule has 102 valence electrons. The summed E-state index contributed by atoms with van der Waals surface area (Å²) in [4.78, 5) is 17.3. The average Bonchev–Trinajstić information content (AvgIpc) is 2.84. The van der Waals surface area contributed by atoms with Crippen LogP contribution in [-0.2, 0) is 4.74 Å². The fourth-order valence-electron chi connectivity index (χ4n) is 1.48. The highest BCUT2D eigenvalue weighted by molar-refractivity contribution is 5.87. The summed E-state index contributed by atoms with van der Waals surface area (Å²) in [5, 5.41) is 8.99. The average molecular weight is 256 g/mol. The van der Waals surface area contributed by atoms with Gasteiger partial charge in [-0.3, -0.25) is 0 Å². The molecule has 1 N–H and O–H groups in total. The monoisotopic (exact) mass is 256 g/mol. The van der Waals surface area contributed by atoms with E-state index in [0.717, 1.165) is 19.4 Å². The standard InChI is InChI=1S/C12H20N2O4/c1-3-5-6-14(7-8-15)12-13-10(9-18-12)11(16)17-4-2/h9,15H,3-8H2,1-2H3. The van der Waals surface area contributed by atoms with Crippen LogP contribution in [0.15, 0.2) is 10.7 Å². The third-order valence-corrected chi connectivity index (χ3v) is 2.40. The van der Waals surface area contributed by atoms with Crippen LogP contribution in [0.5, 0.6) is 0 Å². The van der Waals surface area contributed by atoms with Gasteiger partial charge in [-0.15, -0.1) is 0 Å². The number of carbonyl (C=O) groups excluding carboxylic acids is 1. The predicted octanol–water partition coefficient (Wildman–Crippen LogP) is 1.45. The van der Waals surface area contributed by atoms with Gasteiger partial charge in [0, 0.05) is 13.1 Å². The molecule has 0 aliphatic carbocycles. The highest BCUT2D eigenvalue weighted by Crippen LogP contribution is 2.14. The fraction of sp³-hybridized carbons (Fsp3) is 0.667. The van der Waals surface area contributed by atoms with Crippen LogP contribution in [0.25, 0.3) is 0 Å². The molecule has 6 heteroatoms. The molecular weight excluding hydrogens is 236 g/mol. The SMILES string of the molecule is CCCCN(CCO)c1nc(C(=O)OCC)co1. The first-order valence-corrected chi connectivity index (χ1v) is 6.21. The minimum absolute atomic E-state index is 0.0147. The Kier molecular flexibility index (Phi) is 6.21. The van der Waals surface area contributed by atoms with Gasteiger partial charge in [0.05, 0.1) is 13.2 Å². The van der Waals surface area contributed by atoms with E-state index >= 15 is 0 Å². The van der Waals surface area contributed by atoms with Crippen LogP contribution in [0.3, 0.4) is 0 Å². The molecule has 0 saturated carbocycles.